The molecule has 1 rings (SSSR count). The topological polar surface area (TPSA) is 38.3 Å². The van der Waals surface area contributed by atoms with E-state index in [1.807, 2.05) is 31.2 Å². The zero-order chi connectivity index (χ0) is 16.8. The van der Waals surface area contributed by atoms with Gasteiger partial charge in [0.2, 0.25) is 5.91 Å². The van der Waals surface area contributed by atoms with Crippen LogP contribution in [0, 0.1) is 0 Å². The highest BCUT2D eigenvalue weighted by Gasteiger charge is 2.06. The number of amides is 1. The van der Waals surface area contributed by atoms with Gasteiger partial charge in [-0.2, -0.15) is 0 Å². The molecule has 0 atom stereocenters. The van der Waals surface area contributed by atoms with Crippen LogP contribution in [0.25, 0.3) is 0 Å². The molecule has 1 amide bonds. The first-order valence-corrected chi connectivity index (χ1v) is 9.29. The van der Waals surface area contributed by atoms with E-state index in [0.717, 1.165) is 24.3 Å². The summed E-state index contributed by atoms with van der Waals surface area (Å²) in [6.07, 6.45) is 12.0. The molecule has 0 bridgehead atoms. The van der Waals surface area contributed by atoms with E-state index in [0.29, 0.717) is 13.0 Å². The third-order valence-corrected chi connectivity index (χ3v) is 3.97. The summed E-state index contributed by atoms with van der Waals surface area (Å²) >= 11 is 0. The van der Waals surface area contributed by atoms with Crippen molar-refractivity contribution in [2.75, 3.05) is 11.9 Å². The molecule has 0 aliphatic heterocycles. The molecular formula is C20H33NO2. The molecule has 23 heavy (non-hydrogen) atoms. The Morgan fingerprint density at radius 2 is 1.52 bits per heavy atom. The summed E-state index contributed by atoms with van der Waals surface area (Å²) in [7, 11) is 0. The molecule has 0 aliphatic rings. The number of carbonyl (C=O) groups is 1. The van der Waals surface area contributed by atoms with Gasteiger partial charge in [-0.1, -0.05) is 70.4 Å². The largest absolute Gasteiger partial charge is 0.492 e. The van der Waals surface area contributed by atoms with Crippen LogP contribution in [-0.2, 0) is 4.79 Å². The molecule has 0 spiro atoms. The van der Waals surface area contributed by atoms with Crippen LogP contribution in [0.15, 0.2) is 24.3 Å². The van der Waals surface area contributed by atoms with Gasteiger partial charge in [0.15, 0.2) is 0 Å². The van der Waals surface area contributed by atoms with Gasteiger partial charge >= 0.3 is 0 Å². The number of hydrogen-bond donors (Lipinski definition) is 1. The van der Waals surface area contributed by atoms with E-state index in [1.165, 1.54) is 44.9 Å². The second-order valence-corrected chi connectivity index (χ2v) is 6.06. The van der Waals surface area contributed by atoms with Crippen molar-refractivity contribution < 1.29 is 9.53 Å². The normalized spacial score (nSPS) is 10.5. The van der Waals surface area contributed by atoms with E-state index in [-0.39, 0.29) is 5.91 Å². The summed E-state index contributed by atoms with van der Waals surface area (Å²) in [5.41, 5.74) is 0.773. The predicted octanol–water partition coefficient (Wildman–Crippen LogP) is 5.94. The lowest BCUT2D eigenvalue weighted by atomic mass is 10.1. The number of ether oxygens (including phenoxy) is 1. The standard InChI is InChI=1S/C20H33NO2/c1-3-5-6-7-8-9-10-11-12-17-20(22)21-18-15-13-14-16-19(18)23-4-2/h13-16H,3-12,17H2,1-2H3,(H,21,22). The summed E-state index contributed by atoms with van der Waals surface area (Å²) in [4.78, 5) is 12.0. The van der Waals surface area contributed by atoms with Gasteiger partial charge in [-0.15, -0.1) is 0 Å². The Morgan fingerprint density at radius 3 is 2.17 bits per heavy atom. The SMILES string of the molecule is CCCCCCCCCCCC(=O)Nc1ccccc1OCC. The second-order valence-electron chi connectivity index (χ2n) is 6.06. The molecule has 3 nitrogen and oxygen atoms in total. The average molecular weight is 319 g/mol. The first kappa shape index (κ1) is 19.5. The number of para-hydroxylation sites is 2. The lowest BCUT2D eigenvalue weighted by molar-refractivity contribution is -0.116. The van der Waals surface area contributed by atoms with Crippen molar-refractivity contribution in [1.29, 1.82) is 0 Å². The number of carbonyl (C=O) groups excluding carboxylic acids is 1. The smallest absolute Gasteiger partial charge is 0.224 e. The molecule has 130 valence electrons. The van der Waals surface area contributed by atoms with Crippen LogP contribution >= 0.6 is 0 Å². The minimum Gasteiger partial charge on any atom is -0.492 e. The highest BCUT2D eigenvalue weighted by molar-refractivity contribution is 5.92. The third-order valence-electron chi connectivity index (χ3n) is 3.97. The second kappa shape index (κ2) is 13.0. The zero-order valence-electron chi connectivity index (χ0n) is 14.9. The monoisotopic (exact) mass is 319 g/mol. The summed E-state index contributed by atoms with van der Waals surface area (Å²) < 4.78 is 5.52. The Hall–Kier alpha value is -1.51. The van der Waals surface area contributed by atoms with Crippen LogP contribution < -0.4 is 10.1 Å². The molecule has 0 saturated carbocycles. The molecule has 0 heterocycles. The summed E-state index contributed by atoms with van der Waals surface area (Å²) in [6.45, 7) is 4.80. The molecule has 0 aliphatic carbocycles. The fourth-order valence-corrected chi connectivity index (χ4v) is 2.66. The highest BCUT2D eigenvalue weighted by atomic mass is 16.5. The van der Waals surface area contributed by atoms with E-state index in [9.17, 15) is 4.79 Å². The number of nitrogens with one attached hydrogen (secondary N) is 1. The molecule has 1 aromatic carbocycles. The fourth-order valence-electron chi connectivity index (χ4n) is 2.66. The van der Waals surface area contributed by atoms with E-state index in [2.05, 4.69) is 12.2 Å². The van der Waals surface area contributed by atoms with Gasteiger partial charge in [-0.05, 0) is 25.5 Å². The number of anilines is 1. The van der Waals surface area contributed by atoms with E-state index >= 15 is 0 Å². The quantitative estimate of drug-likeness (QED) is 0.457. The number of unbranched alkanes of at least 4 members (excludes halogenated alkanes) is 8. The Morgan fingerprint density at radius 1 is 0.913 bits per heavy atom. The van der Waals surface area contributed by atoms with Crippen molar-refractivity contribution in [2.45, 2.75) is 78.1 Å². The lowest BCUT2D eigenvalue weighted by Crippen LogP contribution is -2.12. The third kappa shape index (κ3) is 9.27. The molecule has 0 aromatic heterocycles. The molecule has 3 heteroatoms. The maximum atomic E-state index is 12.0. The molecule has 0 radical (unpaired) electrons. The number of benzene rings is 1. The van der Waals surface area contributed by atoms with Gasteiger partial charge in [-0.3, -0.25) is 4.79 Å². The van der Waals surface area contributed by atoms with Gasteiger partial charge in [-0.25, -0.2) is 0 Å². The fraction of sp³-hybridized carbons (Fsp3) is 0.650. The van der Waals surface area contributed by atoms with E-state index in [4.69, 9.17) is 4.74 Å². The predicted molar refractivity (Wildman–Crippen MR) is 98.1 cm³/mol. The van der Waals surface area contributed by atoms with Crippen LogP contribution in [0.3, 0.4) is 0 Å². The summed E-state index contributed by atoms with van der Waals surface area (Å²) in [5, 5.41) is 2.96. The highest BCUT2D eigenvalue weighted by Crippen LogP contribution is 2.24. The van der Waals surface area contributed by atoms with Crippen molar-refractivity contribution in [3.05, 3.63) is 24.3 Å². The Kier molecular flexibility index (Phi) is 11.0. The van der Waals surface area contributed by atoms with Crippen molar-refractivity contribution in [1.82, 2.24) is 0 Å². The van der Waals surface area contributed by atoms with Crippen molar-refractivity contribution >= 4 is 11.6 Å². The minimum atomic E-state index is 0.0834. The number of rotatable bonds is 13. The van der Waals surface area contributed by atoms with Crippen molar-refractivity contribution in [3.63, 3.8) is 0 Å². The maximum absolute atomic E-state index is 12.0. The van der Waals surface area contributed by atoms with Crippen LogP contribution in [0.2, 0.25) is 0 Å². The van der Waals surface area contributed by atoms with Gasteiger partial charge in [0, 0.05) is 6.42 Å². The average Bonchev–Trinajstić information content (AvgIpc) is 2.55. The van der Waals surface area contributed by atoms with Gasteiger partial charge in [0.05, 0.1) is 12.3 Å². The van der Waals surface area contributed by atoms with Crippen LogP contribution in [0.1, 0.15) is 78.1 Å². The molecule has 1 aromatic rings. The van der Waals surface area contributed by atoms with E-state index in [1.54, 1.807) is 0 Å². The van der Waals surface area contributed by atoms with E-state index < -0.39 is 0 Å². The van der Waals surface area contributed by atoms with Crippen LogP contribution in [-0.4, -0.2) is 12.5 Å². The zero-order valence-corrected chi connectivity index (χ0v) is 14.9. The maximum Gasteiger partial charge on any atom is 0.224 e. The van der Waals surface area contributed by atoms with Gasteiger partial charge < -0.3 is 10.1 Å². The van der Waals surface area contributed by atoms with Crippen molar-refractivity contribution in [3.8, 4) is 5.75 Å². The lowest BCUT2D eigenvalue weighted by Gasteiger charge is -2.11. The Labute approximate surface area is 141 Å². The van der Waals surface area contributed by atoms with Crippen LogP contribution in [0.4, 0.5) is 5.69 Å². The molecule has 0 saturated heterocycles. The molecule has 1 N–H and O–H groups in total. The van der Waals surface area contributed by atoms with Crippen LogP contribution in [0.5, 0.6) is 5.75 Å². The summed E-state index contributed by atoms with van der Waals surface area (Å²) in [5.74, 6) is 0.829. The minimum absolute atomic E-state index is 0.0834. The van der Waals surface area contributed by atoms with Gasteiger partial charge in [0.25, 0.3) is 0 Å². The Balaban J connectivity index is 2.11. The molecular weight excluding hydrogens is 286 g/mol. The van der Waals surface area contributed by atoms with Gasteiger partial charge in [0.1, 0.15) is 5.75 Å². The molecule has 0 fully saturated rings. The molecule has 0 unspecified atom stereocenters. The van der Waals surface area contributed by atoms with Crippen molar-refractivity contribution in [2.24, 2.45) is 0 Å². The first-order valence-electron chi connectivity index (χ1n) is 9.29. The summed E-state index contributed by atoms with van der Waals surface area (Å²) in [6, 6.07) is 7.61. The first-order chi connectivity index (χ1) is 11.3. The number of hydrogen-bond acceptors (Lipinski definition) is 2. The Bertz CT molecular complexity index is 431.